The van der Waals surface area contributed by atoms with E-state index in [4.69, 9.17) is 9.29 Å². The van der Waals surface area contributed by atoms with Gasteiger partial charge >= 0.3 is 10.4 Å². The number of hydrogen-bond acceptors (Lipinski definition) is 11. The summed E-state index contributed by atoms with van der Waals surface area (Å²) >= 11 is 2.55. The fourth-order valence-corrected chi connectivity index (χ4v) is 4.22. The van der Waals surface area contributed by atoms with Crippen molar-refractivity contribution in [1.82, 2.24) is 0 Å². The van der Waals surface area contributed by atoms with Crippen LogP contribution in [0.1, 0.15) is 32.1 Å². The van der Waals surface area contributed by atoms with Crippen molar-refractivity contribution in [3.8, 4) is 0 Å². The number of oxime groups is 1. The quantitative estimate of drug-likeness (QED) is 0.0944. The lowest BCUT2D eigenvalue weighted by molar-refractivity contribution is -0.205. The van der Waals surface area contributed by atoms with E-state index in [1.165, 1.54) is 0 Å². The number of unbranched alkanes of at least 4 members (excludes halogenated alkanes) is 3. The van der Waals surface area contributed by atoms with Crippen LogP contribution < -0.4 is 0 Å². The summed E-state index contributed by atoms with van der Waals surface area (Å²) in [6.07, 6.45) is 0.251. The third-order valence-electron chi connectivity index (χ3n) is 3.82. The van der Waals surface area contributed by atoms with Gasteiger partial charge in [0.2, 0.25) is 0 Å². The van der Waals surface area contributed by atoms with Gasteiger partial charge in [-0.3, -0.25) is 4.55 Å². The smallest absolute Gasteiger partial charge is 0.394 e. The van der Waals surface area contributed by atoms with Gasteiger partial charge in [-0.05, 0) is 31.3 Å². The van der Waals surface area contributed by atoms with Crippen LogP contribution in [0.3, 0.4) is 0 Å². The van der Waals surface area contributed by atoms with Crippen LogP contribution in [0.25, 0.3) is 0 Å². The second-order valence-electron chi connectivity index (χ2n) is 5.96. The lowest BCUT2D eigenvalue weighted by Gasteiger charge is -2.39. The highest BCUT2D eigenvalue weighted by atomic mass is 32.3. The van der Waals surface area contributed by atoms with Gasteiger partial charge in [0.1, 0.15) is 34.9 Å². The van der Waals surface area contributed by atoms with E-state index in [1.54, 1.807) is 11.8 Å². The first-order valence-corrected chi connectivity index (χ1v) is 12.0. The summed E-state index contributed by atoms with van der Waals surface area (Å²) in [7, 11) is -4.79. The molecule has 5 unspecified atom stereocenters. The Kier molecular flexibility index (Phi) is 11.5. The first-order valence-electron chi connectivity index (χ1n) is 8.38. The molecule has 5 atom stereocenters. The highest BCUT2D eigenvalue weighted by Crippen LogP contribution is 2.30. The minimum Gasteiger partial charge on any atom is -0.394 e. The molecule has 1 heterocycles. The van der Waals surface area contributed by atoms with Crippen molar-refractivity contribution in [2.45, 2.75) is 62.0 Å². The van der Waals surface area contributed by atoms with Gasteiger partial charge in [0.05, 0.1) is 6.61 Å². The Morgan fingerprint density at radius 1 is 1.11 bits per heavy atom. The average Bonchev–Trinajstić information content (AvgIpc) is 2.61. The number of rotatable bonds is 11. The first-order chi connectivity index (χ1) is 12.7. The van der Waals surface area contributed by atoms with E-state index in [-0.39, 0.29) is 5.04 Å². The maximum absolute atomic E-state index is 10.8. The van der Waals surface area contributed by atoms with Crippen LogP contribution in [-0.4, -0.2) is 86.9 Å². The molecule has 1 rings (SSSR count). The second kappa shape index (κ2) is 12.4. The molecule has 13 heteroatoms. The monoisotopic (exact) mass is 449 g/mol. The van der Waals surface area contributed by atoms with E-state index in [0.717, 1.165) is 36.8 Å². The predicted octanol–water partition coefficient (Wildman–Crippen LogP) is -0.0341. The standard InChI is InChI=1S/C14H27NO9S3/c1-25-7-5-3-2-4-6-10(15-24-27(20,21)22)26-14-13(19)12(18)11(17)9(8-16)23-14/h9,11-14,16-19H,2-8H2,1H3,(H,20,21,22). The fourth-order valence-electron chi connectivity index (χ4n) is 2.39. The van der Waals surface area contributed by atoms with Gasteiger partial charge in [0.25, 0.3) is 0 Å². The van der Waals surface area contributed by atoms with Crippen molar-refractivity contribution in [2.24, 2.45) is 5.16 Å². The third kappa shape index (κ3) is 9.28. The van der Waals surface area contributed by atoms with E-state index in [1.807, 2.05) is 6.26 Å². The number of nitrogens with zero attached hydrogens (tertiary/aromatic N) is 1. The molecule has 0 aliphatic carbocycles. The van der Waals surface area contributed by atoms with E-state index < -0.39 is 46.9 Å². The topological polar surface area (TPSA) is 166 Å². The lowest BCUT2D eigenvalue weighted by atomic mass is 10.0. The summed E-state index contributed by atoms with van der Waals surface area (Å²) in [5, 5.41) is 42.4. The summed E-state index contributed by atoms with van der Waals surface area (Å²) in [5.74, 6) is 1.05. The summed E-state index contributed by atoms with van der Waals surface area (Å²) in [6, 6.07) is 0. The zero-order valence-electron chi connectivity index (χ0n) is 14.9. The molecule has 1 aliphatic heterocycles. The number of hydrogen-bond donors (Lipinski definition) is 5. The molecule has 0 aromatic carbocycles. The van der Waals surface area contributed by atoms with Crippen LogP contribution >= 0.6 is 23.5 Å². The number of ether oxygens (including phenoxy) is 1. The van der Waals surface area contributed by atoms with Crippen LogP contribution in [0.15, 0.2) is 5.16 Å². The van der Waals surface area contributed by atoms with Crippen LogP contribution in [0, 0.1) is 0 Å². The van der Waals surface area contributed by atoms with Crippen molar-refractivity contribution in [2.75, 3.05) is 18.6 Å². The minimum absolute atomic E-state index is 0.127. The van der Waals surface area contributed by atoms with E-state index >= 15 is 0 Å². The molecule has 1 fully saturated rings. The number of aliphatic hydroxyl groups excluding tert-OH is 4. The fraction of sp³-hybridized carbons (Fsp3) is 0.929. The largest absolute Gasteiger partial charge is 0.466 e. The van der Waals surface area contributed by atoms with E-state index in [0.29, 0.717) is 12.8 Å². The van der Waals surface area contributed by atoms with Gasteiger partial charge in [-0.1, -0.05) is 29.8 Å². The molecular weight excluding hydrogens is 422 g/mol. The van der Waals surface area contributed by atoms with Crippen molar-refractivity contribution < 1.29 is 42.4 Å². The second-order valence-corrected chi connectivity index (χ2v) is 9.12. The van der Waals surface area contributed by atoms with Gasteiger partial charge < -0.3 is 25.2 Å². The van der Waals surface area contributed by atoms with Crippen LogP contribution in [-0.2, 0) is 19.4 Å². The molecule has 0 amide bonds. The van der Waals surface area contributed by atoms with Gasteiger partial charge in [-0.2, -0.15) is 20.2 Å². The van der Waals surface area contributed by atoms with Gasteiger partial charge in [0.15, 0.2) is 0 Å². The molecule has 27 heavy (non-hydrogen) atoms. The van der Waals surface area contributed by atoms with Crippen molar-refractivity contribution in [1.29, 1.82) is 0 Å². The molecule has 1 aliphatic rings. The Balaban J connectivity index is 2.71. The minimum atomic E-state index is -4.79. The van der Waals surface area contributed by atoms with E-state index in [9.17, 15) is 28.8 Å². The van der Waals surface area contributed by atoms with E-state index in [2.05, 4.69) is 9.44 Å². The number of thioether (sulfide) groups is 2. The summed E-state index contributed by atoms with van der Waals surface area (Å²) in [6.45, 7) is -0.578. The normalized spacial score (nSPS) is 29.7. The van der Waals surface area contributed by atoms with Gasteiger partial charge in [-0.25, -0.2) is 4.28 Å². The molecule has 0 spiro atoms. The molecule has 0 saturated carbocycles. The average molecular weight is 450 g/mol. The van der Waals surface area contributed by atoms with Crippen LogP contribution in [0.4, 0.5) is 0 Å². The highest BCUT2D eigenvalue weighted by Gasteiger charge is 2.44. The van der Waals surface area contributed by atoms with Crippen molar-refractivity contribution >= 4 is 39.0 Å². The third-order valence-corrected chi connectivity index (χ3v) is 5.96. The maximum Gasteiger partial charge on any atom is 0.466 e. The Bertz CT molecular complexity index is 558. The SMILES string of the molecule is CSCCCCCCC(=NOS(=O)(=O)O)SC1OC(CO)C(O)C(O)C1O. The molecule has 0 aromatic rings. The van der Waals surface area contributed by atoms with Crippen LogP contribution in [0.5, 0.6) is 0 Å². The highest BCUT2D eigenvalue weighted by molar-refractivity contribution is 8.14. The lowest BCUT2D eigenvalue weighted by Crippen LogP contribution is -2.57. The molecule has 10 nitrogen and oxygen atoms in total. The Hall–Kier alpha value is -0.120. The first kappa shape index (κ1) is 24.9. The van der Waals surface area contributed by atoms with Crippen molar-refractivity contribution in [3.63, 3.8) is 0 Å². The summed E-state index contributed by atoms with van der Waals surface area (Å²) in [4.78, 5) is 0. The molecule has 0 bridgehead atoms. The molecular formula is C14H27NO9S3. The van der Waals surface area contributed by atoms with Crippen LogP contribution in [0.2, 0.25) is 0 Å². The molecule has 0 aromatic heterocycles. The Morgan fingerprint density at radius 3 is 2.37 bits per heavy atom. The molecule has 1 saturated heterocycles. The number of aliphatic hydroxyl groups is 4. The maximum atomic E-state index is 10.8. The predicted molar refractivity (Wildman–Crippen MR) is 103 cm³/mol. The molecule has 160 valence electrons. The zero-order valence-corrected chi connectivity index (χ0v) is 17.3. The zero-order chi connectivity index (χ0) is 20.4. The molecule has 0 radical (unpaired) electrons. The van der Waals surface area contributed by atoms with Crippen molar-refractivity contribution in [3.05, 3.63) is 0 Å². The van der Waals surface area contributed by atoms with Gasteiger partial charge in [-0.15, -0.1) is 0 Å². The summed E-state index contributed by atoms with van der Waals surface area (Å²) < 4.78 is 39.6. The Labute approximate surface area is 167 Å². The Morgan fingerprint density at radius 2 is 1.78 bits per heavy atom. The van der Waals surface area contributed by atoms with Gasteiger partial charge in [0, 0.05) is 0 Å². The summed E-state index contributed by atoms with van der Waals surface area (Å²) in [5.41, 5.74) is -1.11. The molecule has 5 N–H and O–H groups in total.